The van der Waals surface area contributed by atoms with Crippen molar-refractivity contribution in [3.8, 4) is 5.75 Å². The number of hydrogen-bond acceptors (Lipinski definition) is 4. The summed E-state index contributed by atoms with van der Waals surface area (Å²) in [6.45, 7) is 0.270. The number of urea groups is 1. The van der Waals surface area contributed by atoms with Gasteiger partial charge in [0.25, 0.3) is 0 Å². The number of hydrogen-bond donors (Lipinski definition) is 2. The van der Waals surface area contributed by atoms with Crippen molar-refractivity contribution in [2.45, 2.75) is 6.29 Å². The van der Waals surface area contributed by atoms with Gasteiger partial charge in [0.2, 0.25) is 0 Å². The lowest BCUT2D eigenvalue weighted by molar-refractivity contribution is -0.0971. The van der Waals surface area contributed by atoms with Gasteiger partial charge in [0, 0.05) is 20.4 Å². The van der Waals surface area contributed by atoms with E-state index in [9.17, 15) is 4.79 Å². The molecule has 0 saturated carbocycles. The maximum Gasteiger partial charge on any atom is 0.318 e. The standard InChI is InChI=1S/C14H20N2O4/c1-18-12-6-4-5-11(9-12)7-8-15-14(17)16-10-13(19-2)20-3/h4-9,13H,10H2,1-3H3,(H2,15,16,17)/b8-7+. The van der Waals surface area contributed by atoms with Gasteiger partial charge in [-0.15, -0.1) is 0 Å². The van der Waals surface area contributed by atoms with Crippen LogP contribution in [0.4, 0.5) is 4.79 Å². The minimum Gasteiger partial charge on any atom is -0.497 e. The fourth-order valence-electron chi connectivity index (χ4n) is 1.45. The lowest BCUT2D eigenvalue weighted by atomic mass is 10.2. The molecule has 2 amide bonds. The van der Waals surface area contributed by atoms with Crippen LogP contribution in [0.15, 0.2) is 30.5 Å². The number of carbonyl (C=O) groups excluding carboxylic acids is 1. The Bertz CT molecular complexity index is 445. The summed E-state index contributed by atoms with van der Waals surface area (Å²) in [6, 6.07) is 7.17. The quantitative estimate of drug-likeness (QED) is 0.744. The molecule has 0 bridgehead atoms. The molecule has 0 aliphatic carbocycles. The largest absolute Gasteiger partial charge is 0.497 e. The SMILES string of the molecule is COc1cccc(/C=C/NC(=O)NCC(OC)OC)c1. The van der Waals surface area contributed by atoms with Crippen LogP contribution >= 0.6 is 0 Å². The van der Waals surface area contributed by atoms with E-state index in [1.807, 2.05) is 24.3 Å². The number of rotatable bonds is 7. The normalized spacial score (nSPS) is 10.8. The molecule has 20 heavy (non-hydrogen) atoms. The molecule has 0 atom stereocenters. The van der Waals surface area contributed by atoms with E-state index in [0.717, 1.165) is 11.3 Å². The molecule has 110 valence electrons. The van der Waals surface area contributed by atoms with Crippen LogP contribution in [0.2, 0.25) is 0 Å². The Labute approximate surface area is 118 Å². The van der Waals surface area contributed by atoms with Gasteiger partial charge in [-0.25, -0.2) is 4.79 Å². The average Bonchev–Trinajstić information content (AvgIpc) is 2.48. The summed E-state index contributed by atoms with van der Waals surface area (Å²) in [7, 11) is 4.63. The summed E-state index contributed by atoms with van der Waals surface area (Å²) in [5, 5.41) is 5.21. The van der Waals surface area contributed by atoms with Gasteiger partial charge in [0.1, 0.15) is 5.75 Å². The lowest BCUT2D eigenvalue weighted by Gasteiger charge is -2.13. The first kappa shape index (κ1) is 16.0. The summed E-state index contributed by atoms with van der Waals surface area (Å²) in [4.78, 5) is 11.5. The second-order valence-electron chi connectivity index (χ2n) is 3.87. The molecule has 0 unspecified atom stereocenters. The molecular weight excluding hydrogens is 260 g/mol. The lowest BCUT2D eigenvalue weighted by Crippen LogP contribution is -2.38. The van der Waals surface area contributed by atoms with Crippen LogP contribution in [-0.4, -0.2) is 40.2 Å². The van der Waals surface area contributed by atoms with E-state index >= 15 is 0 Å². The molecule has 0 heterocycles. The molecule has 0 spiro atoms. The molecule has 6 heteroatoms. The van der Waals surface area contributed by atoms with Crippen molar-refractivity contribution in [1.82, 2.24) is 10.6 Å². The van der Waals surface area contributed by atoms with E-state index in [2.05, 4.69) is 10.6 Å². The smallest absolute Gasteiger partial charge is 0.318 e. The van der Waals surface area contributed by atoms with Gasteiger partial charge in [-0.1, -0.05) is 12.1 Å². The Kier molecular flexibility index (Phi) is 7.16. The van der Waals surface area contributed by atoms with Gasteiger partial charge in [-0.3, -0.25) is 0 Å². The van der Waals surface area contributed by atoms with E-state index in [1.165, 1.54) is 14.2 Å². The predicted molar refractivity (Wildman–Crippen MR) is 76.4 cm³/mol. The highest BCUT2D eigenvalue weighted by molar-refractivity contribution is 5.75. The van der Waals surface area contributed by atoms with Crippen LogP contribution < -0.4 is 15.4 Å². The highest BCUT2D eigenvalue weighted by Gasteiger charge is 2.06. The van der Waals surface area contributed by atoms with Crippen molar-refractivity contribution >= 4 is 12.1 Å². The summed E-state index contributed by atoms with van der Waals surface area (Å²) < 4.78 is 15.0. The first-order valence-corrected chi connectivity index (χ1v) is 6.10. The van der Waals surface area contributed by atoms with E-state index in [4.69, 9.17) is 14.2 Å². The van der Waals surface area contributed by atoms with Crippen LogP contribution in [0.25, 0.3) is 6.08 Å². The third kappa shape index (κ3) is 5.73. The Hall–Kier alpha value is -2.05. The Morgan fingerprint density at radius 2 is 2.05 bits per heavy atom. The number of methoxy groups -OCH3 is 3. The summed E-state index contributed by atoms with van der Waals surface area (Å²) >= 11 is 0. The van der Waals surface area contributed by atoms with Crippen LogP contribution in [0.1, 0.15) is 5.56 Å². The highest BCUT2D eigenvalue weighted by Crippen LogP contribution is 2.13. The summed E-state index contributed by atoms with van der Waals surface area (Å²) in [5.41, 5.74) is 0.927. The number of nitrogens with one attached hydrogen (secondary N) is 2. The number of carbonyl (C=O) groups is 1. The molecule has 1 aromatic carbocycles. The van der Waals surface area contributed by atoms with Crippen LogP contribution in [0.5, 0.6) is 5.75 Å². The van der Waals surface area contributed by atoms with Gasteiger partial charge in [0.15, 0.2) is 6.29 Å². The Morgan fingerprint density at radius 1 is 1.30 bits per heavy atom. The molecule has 0 aromatic heterocycles. The molecule has 0 fully saturated rings. The van der Waals surface area contributed by atoms with Crippen molar-refractivity contribution in [1.29, 1.82) is 0 Å². The Balaban J connectivity index is 2.38. The number of amides is 2. The highest BCUT2D eigenvalue weighted by atomic mass is 16.7. The van der Waals surface area contributed by atoms with Crippen LogP contribution in [0.3, 0.4) is 0 Å². The second-order valence-corrected chi connectivity index (χ2v) is 3.87. The zero-order valence-corrected chi connectivity index (χ0v) is 11.9. The zero-order chi connectivity index (χ0) is 14.8. The van der Waals surface area contributed by atoms with Gasteiger partial charge in [-0.05, 0) is 23.8 Å². The van der Waals surface area contributed by atoms with Crippen molar-refractivity contribution in [3.05, 3.63) is 36.0 Å². The molecule has 0 saturated heterocycles. The zero-order valence-electron chi connectivity index (χ0n) is 11.9. The fourth-order valence-corrected chi connectivity index (χ4v) is 1.45. The monoisotopic (exact) mass is 280 g/mol. The third-order valence-corrected chi connectivity index (χ3v) is 2.54. The fraction of sp³-hybridized carbons (Fsp3) is 0.357. The van der Waals surface area contributed by atoms with Crippen molar-refractivity contribution < 1.29 is 19.0 Å². The summed E-state index contributed by atoms with van der Waals surface area (Å²) in [5.74, 6) is 0.764. The minimum absolute atomic E-state index is 0.270. The third-order valence-electron chi connectivity index (χ3n) is 2.54. The molecule has 6 nitrogen and oxygen atoms in total. The molecule has 2 N–H and O–H groups in total. The maximum absolute atomic E-state index is 11.5. The van der Waals surface area contributed by atoms with E-state index in [0.29, 0.717) is 0 Å². The van der Waals surface area contributed by atoms with E-state index < -0.39 is 6.29 Å². The van der Waals surface area contributed by atoms with Crippen molar-refractivity contribution in [2.24, 2.45) is 0 Å². The second kappa shape index (κ2) is 8.95. The molecule has 1 rings (SSSR count). The predicted octanol–water partition coefficient (Wildman–Crippen LogP) is 1.58. The van der Waals surface area contributed by atoms with Gasteiger partial charge < -0.3 is 24.8 Å². The van der Waals surface area contributed by atoms with Gasteiger partial charge >= 0.3 is 6.03 Å². The topological polar surface area (TPSA) is 68.8 Å². The maximum atomic E-state index is 11.5. The van der Waals surface area contributed by atoms with Crippen molar-refractivity contribution in [2.75, 3.05) is 27.9 Å². The molecule has 0 radical (unpaired) electrons. The summed E-state index contributed by atoms with van der Waals surface area (Å²) in [6.07, 6.45) is 2.87. The molecule has 1 aromatic rings. The molecular formula is C14H20N2O4. The van der Waals surface area contributed by atoms with Gasteiger partial charge in [-0.2, -0.15) is 0 Å². The number of benzene rings is 1. The van der Waals surface area contributed by atoms with Gasteiger partial charge in [0.05, 0.1) is 13.7 Å². The molecule has 0 aliphatic heterocycles. The average molecular weight is 280 g/mol. The number of ether oxygens (including phenoxy) is 3. The van der Waals surface area contributed by atoms with Crippen LogP contribution in [-0.2, 0) is 9.47 Å². The molecule has 0 aliphatic rings. The first-order chi connectivity index (χ1) is 9.69. The van der Waals surface area contributed by atoms with Crippen molar-refractivity contribution in [3.63, 3.8) is 0 Å². The van der Waals surface area contributed by atoms with E-state index in [-0.39, 0.29) is 12.6 Å². The van der Waals surface area contributed by atoms with E-state index in [1.54, 1.807) is 19.4 Å². The Morgan fingerprint density at radius 3 is 2.70 bits per heavy atom. The van der Waals surface area contributed by atoms with Crippen LogP contribution in [0, 0.1) is 0 Å². The first-order valence-electron chi connectivity index (χ1n) is 6.10. The minimum atomic E-state index is -0.455.